The van der Waals surface area contributed by atoms with Crippen LogP contribution in [0.2, 0.25) is 0 Å². The molecule has 112 valence electrons. The Kier molecular flexibility index (Phi) is 4.21. The molecule has 0 aliphatic heterocycles. The molecule has 4 nitrogen and oxygen atoms in total. The van der Waals surface area contributed by atoms with Crippen molar-refractivity contribution >= 4 is 11.6 Å². The van der Waals surface area contributed by atoms with E-state index in [4.69, 9.17) is 4.98 Å². The molecule has 2 N–H and O–H groups in total. The first kappa shape index (κ1) is 15.1. The lowest BCUT2D eigenvalue weighted by atomic mass is 10.1. The minimum atomic E-state index is 0.338. The van der Waals surface area contributed by atoms with E-state index in [1.54, 1.807) is 0 Å². The molecule has 1 aliphatic rings. The normalized spacial score (nSPS) is 20.1. The number of nitrogens with one attached hydrogen (secondary N) is 2. The Morgan fingerprint density at radius 2 is 1.85 bits per heavy atom. The molecule has 4 heteroatoms. The SMILES string of the molecule is CCCNc1nc(C(C)C)nc(NC2CC2(C)C)c1C. The second-order valence-corrected chi connectivity index (χ2v) is 6.88. The second kappa shape index (κ2) is 5.58. The van der Waals surface area contributed by atoms with Gasteiger partial charge in [0.2, 0.25) is 0 Å². The smallest absolute Gasteiger partial charge is 0.135 e. The fraction of sp³-hybridized carbons (Fsp3) is 0.750. The van der Waals surface area contributed by atoms with Gasteiger partial charge in [0.25, 0.3) is 0 Å². The van der Waals surface area contributed by atoms with Gasteiger partial charge in [-0.1, -0.05) is 34.6 Å². The standard InChI is InChI=1S/C16H28N4/c1-7-8-17-14-11(4)15(18-12-9-16(12,5)6)20-13(19-14)10(2)3/h10,12H,7-9H2,1-6H3,(H2,17,18,19,20). The van der Waals surface area contributed by atoms with E-state index in [2.05, 4.69) is 57.2 Å². The van der Waals surface area contributed by atoms with Gasteiger partial charge in [0.15, 0.2) is 0 Å². The Bertz CT molecular complexity index is 480. The average molecular weight is 276 g/mol. The second-order valence-electron chi connectivity index (χ2n) is 6.88. The number of rotatable bonds is 6. The fourth-order valence-corrected chi connectivity index (χ4v) is 2.23. The first-order valence-corrected chi connectivity index (χ1v) is 7.74. The first-order chi connectivity index (χ1) is 9.35. The van der Waals surface area contributed by atoms with Crippen molar-refractivity contribution in [3.63, 3.8) is 0 Å². The molecule has 1 fully saturated rings. The highest BCUT2D eigenvalue weighted by Crippen LogP contribution is 2.46. The molecule has 0 amide bonds. The van der Waals surface area contributed by atoms with Crippen molar-refractivity contribution in [2.45, 2.75) is 66.3 Å². The maximum absolute atomic E-state index is 4.72. The zero-order valence-corrected chi connectivity index (χ0v) is 13.7. The van der Waals surface area contributed by atoms with Crippen LogP contribution in [0.4, 0.5) is 11.6 Å². The average Bonchev–Trinajstić information content (AvgIpc) is 2.97. The van der Waals surface area contributed by atoms with Crippen molar-refractivity contribution in [2.24, 2.45) is 5.41 Å². The van der Waals surface area contributed by atoms with Crippen LogP contribution in [0.3, 0.4) is 0 Å². The van der Waals surface area contributed by atoms with Crippen molar-refractivity contribution in [1.82, 2.24) is 9.97 Å². The van der Waals surface area contributed by atoms with Crippen molar-refractivity contribution in [3.05, 3.63) is 11.4 Å². The largest absolute Gasteiger partial charge is 0.370 e. The summed E-state index contributed by atoms with van der Waals surface area (Å²) in [4.78, 5) is 9.40. The maximum atomic E-state index is 4.72. The van der Waals surface area contributed by atoms with Crippen LogP contribution in [-0.4, -0.2) is 22.6 Å². The summed E-state index contributed by atoms with van der Waals surface area (Å²) in [5.41, 5.74) is 1.53. The number of hydrogen-bond acceptors (Lipinski definition) is 4. The summed E-state index contributed by atoms with van der Waals surface area (Å²) in [6.07, 6.45) is 2.31. The summed E-state index contributed by atoms with van der Waals surface area (Å²) in [6, 6.07) is 0.537. The number of aromatic nitrogens is 2. The predicted molar refractivity (Wildman–Crippen MR) is 85.4 cm³/mol. The van der Waals surface area contributed by atoms with Gasteiger partial charge in [0.05, 0.1) is 0 Å². The van der Waals surface area contributed by atoms with Gasteiger partial charge in [-0.05, 0) is 25.2 Å². The van der Waals surface area contributed by atoms with E-state index in [0.717, 1.165) is 36.0 Å². The van der Waals surface area contributed by atoms with Crippen molar-refractivity contribution in [1.29, 1.82) is 0 Å². The van der Waals surface area contributed by atoms with Gasteiger partial charge in [-0.2, -0.15) is 0 Å². The summed E-state index contributed by atoms with van der Waals surface area (Å²) in [5.74, 6) is 3.23. The lowest BCUT2D eigenvalue weighted by molar-refractivity contribution is 0.629. The van der Waals surface area contributed by atoms with Gasteiger partial charge < -0.3 is 10.6 Å². The van der Waals surface area contributed by atoms with E-state index < -0.39 is 0 Å². The van der Waals surface area contributed by atoms with E-state index in [-0.39, 0.29) is 0 Å². The van der Waals surface area contributed by atoms with E-state index in [0.29, 0.717) is 17.4 Å². The maximum Gasteiger partial charge on any atom is 0.135 e. The van der Waals surface area contributed by atoms with Gasteiger partial charge in [0, 0.05) is 24.1 Å². The quantitative estimate of drug-likeness (QED) is 0.826. The Morgan fingerprint density at radius 1 is 1.25 bits per heavy atom. The molecule has 1 aliphatic carbocycles. The molecule has 1 saturated carbocycles. The molecule has 1 heterocycles. The van der Waals surface area contributed by atoms with E-state index in [9.17, 15) is 0 Å². The minimum Gasteiger partial charge on any atom is -0.370 e. The molecule has 2 rings (SSSR count). The van der Waals surface area contributed by atoms with Crippen LogP contribution < -0.4 is 10.6 Å². The molecular weight excluding hydrogens is 248 g/mol. The van der Waals surface area contributed by atoms with Gasteiger partial charge in [0.1, 0.15) is 17.5 Å². The highest BCUT2D eigenvalue weighted by atomic mass is 15.1. The van der Waals surface area contributed by atoms with E-state index in [1.165, 1.54) is 6.42 Å². The molecule has 0 spiro atoms. The zero-order chi connectivity index (χ0) is 14.9. The highest BCUT2D eigenvalue weighted by molar-refractivity contribution is 5.58. The molecule has 0 aromatic carbocycles. The molecule has 1 unspecified atom stereocenters. The van der Waals surface area contributed by atoms with Crippen LogP contribution in [0.25, 0.3) is 0 Å². The summed E-state index contributed by atoms with van der Waals surface area (Å²) in [5, 5.41) is 7.02. The van der Waals surface area contributed by atoms with Crippen LogP contribution in [0.1, 0.15) is 64.8 Å². The van der Waals surface area contributed by atoms with Crippen molar-refractivity contribution in [3.8, 4) is 0 Å². The van der Waals surface area contributed by atoms with Crippen LogP contribution >= 0.6 is 0 Å². The molecule has 20 heavy (non-hydrogen) atoms. The minimum absolute atomic E-state index is 0.338. The van der Waals surface area contributed by atoms with Crippen LogP contribution in [0, 0.1) is 12.3 Å². The van der Waals surface area contributed by atoms with Crippen LogP contribution in [0.5, 0.6) is 0 Å². The van der Waals surface area contributed by atoms with E-state index >= 15 is 0 Å². The molecule has 0 saturated heterocycles. The number of hydrogen-bond donors (Lipinski definition) is 2. The third-order valence-corrected chi connectivity index (χ3v) is 4.05. The van der Waals surface area contributed by atoms with Gasteiger partial charge in [-0.25, -0.2) is 9.97 Å². The summed E-state index contributed by atoms with van der Waals surface area (Å²) in [6.45, 7) is 14.1. The zero-order valence-electron chi connectivity index (χ0n) is 13.7. The number of nitrogens with zero attached hydrogens (tertiary/aromatic N) is 2. The lowest BCUT2D eigenvalue weighted by Gasteiger charge is -2.17. The molecule has 1 aromatic rings. The highest BCUT2D eigenvalue weighted by Gasteiger charge is 2.46. The third kappa shape index (κ3) is 3.22. The van der Waals surface area contributed by atoms with Crippen molar-refractivity contribution < 1.29 is 0 Å². The monoisotopic (exact) mass is 276 g/mol. The van der Waals surface area contributed by atoms with Gasteiger partial charge >= 0.3 is 0 Å². The van der Waals surface area contributed by atoms with Gasteiger partial charge in [-0.15, -0.1) is 0 Å². The Labute approximate surface area is 122 Å². The van der Waals surface area contributed by atoms with Crippen LogP contribution in [-0.2, 0) is 0 Å². The predicted octanol–water partition coefficient (Wildman–Crippen LogP) is 3.94. The summed E-state index contributed by atoms with van der Waals surface area (Å²) < 4.78 is 0. The fourth-order valence-electron chi connectivity index (χ4n) is 2.23. The molecule has 1 aromatic heterocycles. The molecule has 0 radical (unpaired) electrons. The van der Waals surface area contributed by atoms with Crippen molar-refractivity contribution in [2.75, 3.05) is 17.2 Å². The lowest BCUT2D eigenvalue weighted by Crippen LogP contribution is -2.15. The Morgan fingerprint density at radius 3 is 2.35 bits per heavy atom. The number of anilines is 2. The Balaban J connectivity index is 2.26. The molecule has 0 bridgehead atoms. The van der Waals surface area contributed by atoms with E-state index in [1.807, 2.05) is 0 Å². The first-order valence-electron chi connectivity index (χ1n) is 7.74. The Hall–Kier alpha value is -1.32. The molecule has 1 atom stereocenters. The summed E-state index contributed by atoms with van der Waals surface area (Å²) in [7, 11) is 0. The topological polar surface area (TPSA) is 49.8 Å². The molecular formula is C16H28N4. The third-order valence-electron chi connectivity index (χ3n) is 4.05. The van der Waals surface area contributed by atoms with Gasteiger partial charge in [-0.3, -0.25) is 0 Å². The summed E-state index contributed by atoms with van der Waals surface area (Å²) >= 11 is 0. The van der Waals surface area contributed by atoms with Crippen LogP contribution in [0.15, 0.2) is 0 Å².